The van der Waals surface area contributed by atoms with E-state index >= 15 is 0 Å². The van der Waals surface area contributed by atoms with E-state index in [9.17, 15) is 14.7 Å². The van der Waals surface area contributed by atoms with Crippen molar-refractivity contribution < 1.29 is 33.6 Å². The maximum absolute atomic E-state index is 12.4. The van der Waals surface area contributed by atoms with E-state index in [0.29, 0.717) is 52.2 Å². The largest absolute Gasteiger partial charge is 0.466 e. The summed E-state index contributed by atoms with van der Waals surface area (Å²) in [6.45, 7) is 11.5. The second-order valence-corrected chi connectivity index (χ2v) is 13.1. The Morgan fingerprint density at radius 2 is 1.00 bits per heavy atom. The van der Waals surface area contributed by atoms with Crippen LogP contribution in [0.3, 0.4) is 0 Å². The summed E-state index contributed by atoms with van der Waals surface area (Å²) in [5.74, 6) is -0.266. The van der Waals surface area contributed by atoms with Gasteiger partial charge in [0.15, 0.2) is 6.29 Å². The number of rotatable bonds is 38. The van der Waals surface area contributed by atoms with Gasteiger partial charge in [-0.25, -0.2) is 0 Å². The van der Waals surface area contributed by atoms with Gasteiger partial charge in [0.1, 0.15) is 0 Å². The van der Waals surface area contributed by atoms with Crippen LogP contribution in [0.2, 0.25) is 0 Å². The first-order chi connectivity index (χ1) is 24.6. The average molecular weight is 708 g/mol. The van der Waals surface area contributed by atoms with Crippen LogP contribution in [0.25, 0.3) is 0 Å². The van der Waals surface area contributed by atoms with Crippen LogP contribution in [0.1, 0.15) is 162 Å². The topological polar surface area (TPSA) is 94.5 Å². The monoisotopic (exact) mass is 708 g/mol. The molecule has 292 valence electrons. The highest BCUT2D eigenvalue weighted by molar-refractivity contribution is 5.69. The molecule has 0 aromatic rings. The third kappa shape index (κ3) is 35.8. The molecule has 50 heavy (non-hydrogen) atoms. The summed E-state index contributed by atoms with van der Waals surface area (Å²) in [7, 11) is 0. The van der Waals surface area contributed by atoms with Gasteiger partial charge in [-0.3, -0.25) is 9.59 Å². The fourth-order valence-electron chi connectivity index (χ4n) is 5.44. The zero-order valence-corrected chi connectivity index (χ0v) is 32.6. The van der Waals surface area contributed by atoms with E-state index in [1.165, 1.54) is 0 Å². The van der Waals surface area contributed by atoms with Gasteiger partial charge in [-0.1, -0.05) is 89.3 Å². The highest BCUT2D eigenvalue weighted by Gasteiger charge is 2.13. The zero-order chi connectivity index (χ0) is 36.6. The standard InChI is InChI=1S/C42H77NO7/c1-4-7-10-13-19-27-38-49-42(50-39-28-20-14-11-8-5-2)31-30-41(46)48-37-26-21-18-24-33-43(34-35-44)32-23-17-15-16-22-29-40(45)47-36-25-12-9-6-3/h7-12,42,44H,4-6,13-39H2,1-3H3/b10-7-,11-8-,12-9-. The van der Waals surface area contributed by atoms with E-state index in [-0.39, 0.29) is 24.8 Å². The van der Waals surface area contributed by atoms with Crippen molar-refractivity contribution in [2.24, 2.45) is 0 Å². The van der Waals surface area contributed by atoms with E-state index in [0.717, 1.165) is 135 Å². The number of nitrogens with zero attached hydrogens (tertiary/aromatic N) is 1. The van der Waals surface area contributed by atoms with E-state index in [2.05, 4.69) is 62.1 Å². The highest BCUT2D eigenvalue weighted by Crippen LogP contribution is 2.12. The van der Waals surface area contributed by atoms with Crippen molar-refractivity contribution in [1.29, 1.82) is 0 Å². The molecule has 0 aliphatic rings. The van der Waals surface area contributed by atoms with Gasteiger partial charge in [0.05, 0.1) is 26.2 Å². The fraction of sp³-hybridized carbons (Fsp3) is 0.810. The summed E-state index contributed by atoms with van der Waals surface area (Å²) in [5.41, 5.74) is 0. The van der Waals surface area contributed by atoms with Crippen molar-refractivity contribution in [1.82, 2.24) is 4.90 Å². The molecular formula is C42H77NO7. The first kappa shape index (κ1) is 48.0. The Balaban J connectivity index is 4.04. The Morgan fingerprint density at radius 1 is 0.520 bits per heavy atom. The molecular weight excluding hydrogens is 630 g/mol. The Bertz CT molecular complexity index is 805. The number of unbranched alkanes of at least 4 members (excludes halogenated alkanes) is 11. The maximum atomic E-state index is 12.4. The van der Waals surface area contributed by atoms with Gasteiger partial charge in [-0.05, 0) is 103 Å². The SMILES string of the molecule is CC/C=C\CCCCOC(CCC(=O)OCCCCCCN(CCO)CCCCCCCC(=O)OCC/C=C\CC)OCCCC/C=C\CC. The first-order valence-electron chi connectivity index (χ1n) is 20.4. The van der Waals surface area contributed by atoms with Crippen molar-refractivity contribution in [2.45, 2.75) is 168 Å². The molecule has 0 aromatic carbocycles. The van der Waals surface area contributed by atoms with Gasteiger partial charge in [0.2, 0.25) is 0 Å². The predicted octanol–water partition coefficient (Wildman–Crippen LogP) is 10.0. The molecule has 0 bridgehead atoms. The van der Waals surface area contributed by atoms with Crippen molar-refractivity contribution in [2.75, 3.05) is 52.7 Å². The summed E-state index contributed by atoms with van der Waals surface area (Å²) in [4.78, 5) is 26.6. The minimum atomic E-state index is -0.361. The quantitative estimate of drug-likeness (QED) is 0.0293. The molecule has 0 unspecified atom stereocenters. The van der Waals surface area contributed by atoms with Crippen LogP contribution < -0.4 is 0 Å². The normalized spacial score (nSPS) is 12.0. The van der Waals surface area contributed by atoms with Crippen LogP contribution in [0.15, 0.2) is 36.5 Å². The number of aliphatic hydroxyl groups excluding tert-OH is 1. The molecule has 0 aliphatic carbocycles. The molecule has 0 rings (SSSR count). The molecule has 0 aromatic heterocycles. The third-order valence-electron chi connectivity index (χ3n) is 8.38. The fourth-order valence-corrected chi connectivity index (χ4v) is 5.44. The molecule has 0 saturated carbocycles. The van der Waals surface area contributed by atoms with Gasteiger partial charge >= 0.3 is 11.9 Å². The number of allylic oxidation sites excluding steroid dienone is 5. The number of ether oxygens (including phenoxy) is 4. The lowest BCUT2D eigenvalue weighted by molar-refractivity contribution is -0.159. The van der Waals surface area contributed by atoms with E-state index in [1.807, 2.05) is 0 Å². The number of carbonyl (C=O) groups excluding carboxylic acids is 2. The van der Waals surface area contributed by atoms with Crippen LogP contribution in [0.5, 0.6) is 0 Å². The van der Waals surface area contributed by atoms with Crippen LogP contribution in [0.4, 0.5) is 0 Å². The van der Waals surface area contributed by atoms with Crippen molar-refractivity contribution in [3.8, 4) is 0 Å². The lowest BCUT2D eigenvalue weighted by atomic mass is 10.1. The van der Waals surface area contributed by atoms with E-state index in [4.69, 9.17) is 18.9 Å². The van der Waals surface area contributed by atoms with Crippen molar-refractivity contribution >= 4 is 11.9 Å². The maximum Gasteiger partial charge on any atom is 0.305 e. The lowest BCUT2D eigenvalue weighted by Crippen LogP contribution is -2.29. The minimum absolute atomic E-state index is 0.0869. The van der Waals surface area contributed by atoms with E-state index < -0.39 is 0 Å². The number of aliphatic hydroxyl groups is 1. The molecule has 0 radical (unpaired) electrons. The molecule has 0 amide bonds. The van der Waals surface area contributed by atoms with Gasteiger partial charge in [-0.15, -0.1) is 0 Å². The number of carbonyl (C=O) groups is 2. The van der Waals surface area contributed by atoms with Gasteiger partial charge < -0.3 is 29.0 Å². The number of hydrogen-bond donors (Lipinski definition) is 1. The Hall–Kier alpha value is -2.00. The van der Waals surface area contributed by atoms with Gasteiger partial charge in [-0.2, -0.15) is 0 Å². The molecule has 0 spiro atoms. The van der Waals surface area contributed by atoms with Crippen LogP contribution >= 0.6 is 0 Å². The predicted molar refractivity (Wildman–Crippen MR) is 207 cm³/mol. The summed E-state index contributed by atoms with van der Waals surface area (Å²) in [6.07, 6.45) is 33.6. The van der Waals surface area contributed by atoms with E-state index in [1.54, 1.807) is 0 Å². The van der Waals surface area contributed by atoms with Crippen LogP contribution in [-0.4, -0.2) is 80.9 Å². The summed E-state index contributed by atoms with van der Waals surface area (Å²) >= 11 is 0. The molecule has 0 atom stereocenters. The smallest absolute Gasteiger partial charge is 0.305 e. The molecule has 8 nitrogen and oxygen atoms in total. The second kappa shape index (κ2) is 39.8. The number of esters is 2. The number of hydrogen-bond acceptors (Lipinski definition) is 8. The van der Waals surface area contributed by atoms with Crippen LogP contribution in [0, 0.1) is 0 Å². The Morgan fingerprint density at radius 3 is 1.58 bits per heavy atom. The molecule has 0 fully saturated rings. The Kier molecular flexibility index (Phi) is 38.2. The Labute approximate surface area is 307 Å². The molecule has 0 aliphatic heterocycles. The molecule has 0 saturated heterocycles. The average Bonchev–Trinajstić information content (AvgIpc) is 3.11. The third-order valence-corrected chi connectivity index (χ3v) is 8.38. The highest BCUT2D eigenvalue weighted by atomic mass is 16.7. The second-order valence-electron chi connectivity index (χ2n) is 13.1. The molecule has 1 N–H and O–H groups in total. The van der Waals surface area contributed by atoms with Gasteiger partial charge in [0.25, 0.3) is 0 Å². The van der Waals surface area contributed by atoms with Crippen LogP contribution in [-0.2, 0) is 28.5 Å². The molecule has 0 heterocycles. The van der Waals surface area contributed by atoms with Crippen molar-refractivity contribution in [3.63, 3.8) is 0 Å². The summed E-state index contributed by atoms with van der Waals surface area (Å²) in [6, 6.07) is 0. The zero-order valence-electron chi connectivity index (χ0n) is 32.6. The first-order valence-corrected chi connectivity index (χ1v) is 20.4. The molecule has 8 heteroatoms. The minimum Gasteiger partial charge on any atom is -0.466 e. The van der Waals surface area contributed by atoms with Gasteiger partial charge in [0, 0.05) is 32.6 Å². The van der Waals surface area contributed by atoms with Crippen molar-refractivity contribution in [3.05, 3.63) is 36.5 Å². The summed E-state index contributed by atoms with van der Waals surface area (Å²) < 4.78 is 22.8. The lowest BCUT2D eigenvalue weighted by Gasteiger charge is -2.21. The summed E-state index contributed by atoms with van der Waals surface area (Å²) in [5, 5.41) is 9.49.